The number of hydrogen-bond donors (Lipinski definition) is 2. The van der Waals surface area contributed by atoms with E-state index in [9.17, 15) is 22.4 Å². The smallest absolute Gasteiger partial charge is 0.368 e. The Balaban J connectivity index is 1.94. The molecule has 10 heteroatoms. The molecule has 170 valence electrons. The van der Waals surface area contributed by atoms with Gasteiger partial charge in [0.25, 0.3) is 5.56 Å². The van der Waals surface area contributed by atoms with E-state index in [1.165, 1.54) is 22.8 Å². The van der Waals surface area contributed by atoms with Crippen LogP contribution >= 0.6 is 0 Å². The molecule has 4 rings (SSSR count). The summed E-state index contributed by atoms with van der Waals surface area (Å²) < 4.78 is 55.7. The zero-order valence-electron chi connectivity index (χ0n) is 17.6. The van der Waals surface area contributed by atoms with Crippen LogP contribution in [-0.2, 0) is 6.18 Å². The molecule has 33 heavy (non-hydrogen) atoms. The summed E-state index contributed by atoms with van der Waals surface area (Å²) in [5.74, 6) is -1.42. The van der Waals surface area contributed by atoms with Gasteiger partial charge in [-0.1, -0.05) is 24.3 Å². The third kappa shape index (κ3) is 4.23. The number of rotatable bonds is 4. The number of nitrogens with two attached hydrogens (primary N) is 1. The molecule has 1 unspecified atom stereocenters. The minimum absolute atomic E-state index is 0.243. The number of alkyl halides is 3. The van der Waals surface area contributed by atoms with Crippen molar-refractivity contribution in [2.75, 3.05) is 11.1 Å². The van der Waals surface area contributed by atoms with Crippen LogP contribution in [0, 0.1) is 12.7 Å². The third-order valence-electron chi connectivity index (χ3n) is 5.26. The van der Waals surface area contributed by atoms with Crippen LogP contribution in [0.4, 0.5) is 29.3 Å². The number of halogens is 4. The van der Waals surface area contributed by atoms with Gasteiger partial charge in [-0.25, -0.2) is 9.37 Å². The van der Waals surface area contributed by atoms with Crippen molar-refractivity contribution in [1.29, 1.82) is 0 Å². The monoisotopic (exact) mass is 457 g/mol. The highest BCUT2D eigenvalue weighted by Gasteiger charge is 2.35. The van der Waals surface area contributed by atoms with Gasteiger partial charge in [-0.05, 0) is 49.1 Å². The highest BCUT2D eigenvalue weighted by molar-refractivity contribution is 5.85. The predicted molar refractivity (Wildman–Crippen MR) is 118 cm³/mol. The van der Waals surface area contributed by atoms with Crippen LogP contribution < -0.4 is 16.6 Å². The second-order valence-corrected chi connectivity index (χ2v) is 7.58. The van der Waals surface area contributed by atoms with Crippen molar-refractivity contribution in [3.05, 3.63) is 87.7 Å². The van der Waals surface area contributed by atoms with E-state index < -0.39 is 35.0 Å². The van der Waals surface area contributed by atoms with Crippen LogP contribution in [0.1, 0.15) is 29.8 Å². The first-order chi connectivity index (χ1) is 15.6. The number of hydrogen-bond acceptors (Lipinski definition) is 5. The van der Waals surface area contributed by atoms with Crippen LogP contribution in [0.3, 0.4) is 0 Å². The zero-order valence-corrected chi connectivity index (χ0v) is 17.6. The van der Waals surface area contributed by atoms with Crippen LogP contribution in [0.5, 0.6) is 0 Å². The molecule has 3 N–H and O–H groups in total. The van der Waals surface area contributed by atoms with Gasteiger partial charge in [0.05, 0.1) is 17.1 Å². The number of nitrogens with zero attached hydrogens (tertiary/aromatic N) is 3. The van der Waals surface area contributed by atoms with Crippen molar-refractivity contribution in [3.8, 4) is 5.69 Å². The largest absolute Gasteiger partial charge is 0.421 e. The Morgan fingerprint density at radius 3 is 2.55 bits per heavy atom. The second-order valence-electron chi connectivity index (χ2n) is 7.58. The minimum Gasteiger partial charge on any atom is -0.368 e. The van der Waals surface area contributed by atoms with Crippen molar-refractivity contribution in [2.45, 2.75) is 26.1 Å². The Kier molecular flexibility index (Phi) is 5.52. The summed E-state index contributed by atoms with van der Waals surface area (Å²) in [5, 5.41) is 3.74. The van der Waals surface area contributed by atoms with Crippen LogP contribution in [-0.4, -0.2) is 14.5 Å². The lowest BCUT2D eigenvalue weighted by molar-refractivity contribution is -0.137. The first kappa shape index (κ1) is 22.3. The Morgan fingerprint density at radius 2 is 1.85 bits per heavy atom. The zero-order chi connectivity index (χ0) is 23.9. The van der Waals surface area contributed by atoms with Gasteiger partial charge in [0, 0.05) is 11.9 Å². The number of anilines is 2. The molecule has 0 radical (unpaired) electrons. The number of fused-ring (bicyclic) bond motifs is 1. The number of pyridine rings is 1. The molecule has 0 saturated carbocycles. The van der Waals surface area contributed by atoms with Gasteiger partial charge in [0.1, 0.15) is 17.2 Å². The minimum atomic E-state index is -4.72. The standard InChI is InChI=1S/C23H19F4N5O/c1-12-5-3-6-14-9-18(32(21(33)19(12)14)16-8-4-7-15(24)10-16)13(2)30-20-17(23(25,26)27)11-29-22(28)31-20/h3-11,13H,1-2H3,(H3,28,29,30,31). The molecule has 0 aliphatic carbocycles. The molecule has 0 fully saturated rings. The number of aromatic nitrogens is 3. The number of benzene rings is 2. The first-order valence-electron chi connectivity index (χ1n) is 9.93. The molecule has 0 aliphatic rings. The van der Waals surface area contributed by atoms with Crippen molar-refractivity contribution >= 4 is 22.5 Å². The number of aryl methyl sites for hydroxylation is 1. The maximum atomic E-state index is 14.0. The molecular weight excluding hydrogens is 438 g/mol. The van der Waals surface area contributed by atoms with Crippen molar-refractivity contribution in [1.82, 2.24) is 14.5 Å². The van der Waals surface area contributed by atoms with E-state index in [1.54, 1.807) is 44.2 Å². The summed E-state index contributed by atoms with van der Waals surface area (Å²) in [6.45, 7) is 3.35. The molecule has 0 saturated heterocycles. The van der Waals surface area contributed by atoms with Gasteiger partial charge in [0.2, 0.25) is 5.95 Å². The highest BCUT2D eigenvalue weighted by Crippen LogP contribution is 2.35. The van der Waals surface area contributed by atoms with Gasteiger partial charge in [0.15, 0.2) is 0 Å². The van der Waals surface area contributed by atoms with Crippen molar-refractivity contribution in [2.24, 2.45) is 0 Å². The lowest BCUT2D eigenvalue weighted by Crippen LogP contribution is -2.27. The van der Waals surface area contributed by atoms with Gasteiger partial charge < -0.3 is 11.1 Å². The fourth-order valence-electron chi connectivity index (χ4n) is 3.75. The van der Waals surface area contributed by atoms with E-state index in [0.717, 1.165) is 5.56 Å². The maximum absolute atomic E-state index is 14.0. The predicted octanol–water partition coefficient (Wildman–Crippen LogP) is 5.00. The molecule has 4 aromatic rings. The lowest BCUT2D eigenvalue weighted by atomic mass is 10.0. The topological polar surface area (TPSA) is 85.8 Å². The molecule has 0 bridgehead atoms. The Hall–Kier alpha value is -3.95. The fourth-order valence-corrected chi connectivity index (χ4v) is 3.75. The SMILES string of the molecule is Cc1cccc2cc(C(C)Nc3nc(N)ncc3C(F)(F)F)n(-c3cccc(F)c3)c(=O)c12. The van der Waals surface area contributed by atoms with E-state index in [1.807, 2.05) is 0 Å². The molecular formula is C23H19F4N5O. The van der Waals surface area contributed by atoms with Gasteiger partial charge in [-0.2, -0.15) is 18.2 Å². The van der Waals surface area contributed by atoms with Crippen LogP contribution in [0.25, 0.3) is 16.5 Å². The molecule has 0 amide bonds. The quantitative estimate of drug-likeness (QED) is 0.421. The molecule has 2 heterocycles. The molecule has 6 nitrogen and oxygen atoms in total. The fraction of sp³-hybridized carbons (Fsp3) is 0.174. The molecule has 0 spiro atoms. The maximum Gasteiger partial charge on any atom is 0.421 e. The van der Waals surface area contributed by atoms with Gasteiger partial charge in [-0.15, -0.1) is 0 Å². The van der Waals surface area contributed by atoms with E-state index >= 15 is 0 Å². The number of nitrogens with one attached hydrogen (secondary N) is 1. The molecule has 2 aromatic carbocycles. The molecule has 1 atom stereocenters. The van der Waals surface area contributed by atoms with E-state index in [2.05, 4.69) is 15.3 Å². The third-order valence-corrected chi connectivity index (χ3v) is 5.26. The Morgan fingerprint density at radius 1 is 1.12 bits per heavy atom. The Labute approximate surface area is 185 Å². The summed E-state index contributed by atoms with van der Waals surface area (Å²) in [4.78, 5) is 20.7. The Bertz CT molecular complexity index is 1410. The van der Waals surface area contributed by atoms with E-state index in [-0.39, 0.29) is 11.6 Å². The molecule has 2 aromatic heterocycles. The summed E-state index contributed by atoms with van der Waals surface area (Å²) in [6, 6.07) is 11.6. The molecule has 0 aliphatic heterocycles. The van der Waals surface area contributed by atoms with Crippen molar-refractivity contribution < 1.29 is 17.6 Å². The summed E-state index contributed by atoms with van der Waals surface area (Å²) in [7, 11) is 0. The summed E-state index contributed by atoms with van der Waals surface area (Å²) in [6.07, 6.45) is -4.13. The van der Waals surface area contributed by atoms with E-state index in [0.29, 0.717) is 22.7 Å². The van der Waals surface area contributed by atoms with Crippen LogP contribution in [0.2, 0.25) is 0 Å². The van der Waals surface area contributed by atoms with Gasteiger partial charge in [-0.3, -0.25) is 9.36 Å². The second kappa shape index (κ2) is 8.19. The number of nitrogen functional groups attached to an aromatic ring is 1. The normalized spacial score (nSPS) is 12.7. The lowest BCUT2D eigenvalue weighted by Gasteiger charge is -2.23. The summed E-state index contributed by atoms with van der Waals surface area (Å²) >= 11 is 0. The highest BCUT2D eigenvalue weighted by atomic mass is 19.4. The van der Waals surface area contributed by atoms with E-state index in [4.69, 9.17) is 5.73 Å². The van der Waals surface area contributed by atoms with Crippen LogP contribution in [0.15, 0.2) is 59.5 Å². The average molecular weight is 457 g/mol. The first-order valence-corrected chi connectivity index (χ1v) is 9.93. The average Bonchev–Trinajstić information content (AvgIpc) is 2.72. The van der Waals surface area contributed by atoms with Crippen molar-refractivity contribution in [3.63, 3.8) is 0 Å². The van der Waals surface area contributed by atoms with Gasteiger partial charge >= 0.3 is 6.18 Å². The summed E-state index contributed by atoms with van der Waals surface area (Å²) in [5.41, 5.74) is 5.27.